The maximum absolute atomic E-state index is 13.0. The molecule has 0 saturated carbocycles. The Labute approximate surface area is 182 Å². The number of carbonyl (C=O) groups excluding carboxylic acids is 2. The smallest absolute Gasteiger partial charge is 0.253 e. The summed E-state index contributed by atoms with van der Waals surface area (Å²) in [7, 11) is 0. The minimum absolute atomic E-state index is 0.0394. The van der Waals surface area contributed by atoms with Gasteiger partial charge in [0.25, 0.3) is 5.91 Å². The largest absolute Gasteiger partial charge is 0.355 e. The lowest BCUT2D eigenvalue weighted by Gasteiger charge is -2.31. The van der Waals surface area contributed by atoms with E-state index in [4.69, 9.17) is 0 Å². The van der Waals surface area contributed by atoms with Crippen molar-refractivity contribution in [2.75, 3.05) is 19.6 Å². The lowest BCUT2D eigenvalue weighted by Crippen LogP contribution is -2.43. The van der Waals surface area contributed by atoms with Crippen LogP contribution in [0.25, 0.3) is 9.88 Å². The van der Waals surface area contributed by atoms with Gasteiger partial charge in [0.15, 0.2) is 0 Å². The van der Waals surface area contributed by atoms with Gasteiger partial charge < -0.3 is 10.2 Å². The van der Waals surface area contributed by atoms with Gasteiger partial charge in [-0.3, -0.25) is 9.59 Å². The van der Waals surface area contributed by atoms with Gasteiger partial charge in [-0.2, -0.15) is 0 Å². The number of benzene rings is 1. The fourth-order valence-corrected chi connectivity index (χ4v) is 5.18. The predicted octanol–water partition coefficient (Wildman–Crippen LogP) is 4.22. The molecule has 3 heterocycles. The van der Waals surface area contributed by atoms with E-state index in [9.17, 15) is 14.0 Å². The van der Waals surface area contributed by atoms with E-state index in [0.717, 1.165) is 15.6 Å². The molecule has 4 rings (SSSR count). The fourth-order valence-electron chi connectivity index (χ4n) is 3.51. The van der Waals surface area contributed by atoms with Gasteiger partial charge in [-0.15, -0.1) is 22.7 Å². The van der Waals surface area contributed by atoms with Crippen molar-refractivity contribution in [2.24, 2.45) is 5.92 Å². The molecule has 30 heavy (non-hydrogen) atoms. The Morgan fingerprint density at radius 3 is 2.60 bits per heavy atom. The number of thiazole rings is 1. The number of hydrogen-bond acceptors (Lipinski definition) is 5. The van der Waals surface area contributed by atoms with Gasteiger partial charge in [-0.1, -0.05) is 6.07 Å². The quantitative estimate of drug-likeness (QED) is 0.620. The van der Waals surface area contributed by atoms with E-state index in [2.05, 4.69) is 16.4 Å². The van der Waals surface area contributed by atoms with Crippen molar-refractivity contribution in [2.45, 2.75) is 19.3 Å². The maximum Gasteiger partial charge on any atom is 0.253 e. The van der Waals surface area contributed by atoms with Crippen LogP contribution in [0.5, 0.6) is 0 Å². The Bertz CT molecular complexity index is 994. The van der Waals surface area contributed by atoms with Crippen LogP contribution in [0.15, 0.2) is 47.2 Å². The minimum atomic E-state index is -0.359. The fraction of sp³-hybridized carbons (Fsp3) is 0.318. The van der Waals surface area contributed by atoms with Crippen LogP contribution in [0.3, 0.4) is 0 Å². The van der Waals surface area contributed by atoms with Crippen molar-refractivity contribution < 1.29 is 14.0 Å². The molecule has 1 aliphatic heterocycles. The summed E-state index contributed by atoms with van der Waals surface area (Å²) in [6.07, 6.45) is 1.98. The van der Waals surface area contributed by atoms with E-state index < -0.39 is 0 Å². The molecular weight excluding hydrogens is 421 g/mol. The second kappa shape index (κ2) is 9.49. The number of likely N-dealkylation sites (tertiary alicyclic amines) is 1. The molecule has 0 aliphatic carbocycles. The van der Waals surface area contributed by atoms with Gasteiger partial charge in [0.05, 0.1) is 10.6 Å². The van der Waals surface area contributed by atoms with Crippen LogP contribution in [-0.4, -0.2) is 41.3 Å². The van der Waals surface area contributed by atoms with Crippen LogP contribution in [0.1, 0.15) is 28.9 Å². The van der Waals surface area contributed by atoms with Crippen molar-refractivity contribution in [1.29, 1.82) is 0 Å². The third-order valence-electron chi connectivity index (χ3n) is 5.21. The number of aromatic nitrogens is 1. The van der Waals surface area contributed by atoms with Crippen LogP contribution in [0, 0.1) is 11.7 Å². The van der Waals surface area contributed by atoms with Crippen LogP contribution in [0.4, 0.5) is 4.39 Å². The number of nitrogens with zero attached hydrogens (tertiary/aromatic N) is 2. The van der Waals surface area contributed by atoms with E-state index in [1.807, 2.05) is 16.8 Å². The summed E-state index contributed by atoms with van der Waals surface area (Å²) in [5.74, 6) is -0.516. The van der Waals surface area contributed by atoms with Gasteiger partial charge in [0.1, 0.15) is 10.8 Å². The van der Waals surface area contributed by atoms with Crippen LogP contribution in [0.2, 0.25) is 0 Å². The van der Waals surface area contributed by atoms with Gasteiger partial charge in [0, 0.05) is 42.9 Å². The Balaban J connectivity index is 1.21. The molecule has 0 spiro atoms. The van der Waals surface area contributed by atoms with Gasteiger partial charge >= 0.3 is 0 Å². The number of piperidine rings is 1. The first-order valence-electron chi connectivity index (χ1n) is 9.91. The van der Waals surface area contributed by atoms with Crippen molar-refractivity contribution in [3.63, 3.8) is 0 Å². The van der Waals surface area contributed by atoms with Crippen molar-refractivity contribution >= 4 is 34.5 Å². The molecular formula is C22H22FN3O2S2. The first-order chi connectivity index (χ1) is 14.6. The summed E-state index contributed by atoms with van der Waals surface area (Å²) in [4.78, 5) is 32.5. The highest BCUT2D eigenvalue weighted by Crippen LogP contribution is 2.27. The number of amides is 2. The lowest BCUT2D eigenvalue weighted by molar-refractivity contribution is -0.126. The molecule has 0 radical (unpaired) electrons. The lowest BCUT2D eigenvalue weighted by atomic mass is 9.95. The van der Waals surface area contributed by atoms with Crippen LogP contribution >= 0.6 is 22.7 Å². The van der Waals surface area contributed by atoms with Crippen molar-refractivity contribution in [3.8, 4) is 9.88 Å². The molecule has 1 aromatic carbocycles. The Morgan fingerprint density at radius 2 is 1.90 bits per heavy atom. The number of rotatable bonds is 6. The van der Waals surface area contributed by atoms with Gasteiger partial charge in [0.2, 0.25) is 5.91 Å². The summed E-state index contributed by atoms with van der Waals surface area (Å²) < 4.78 is 13.0. The summed E-state index contributed by atoms with van der Waals surface area (Å²) in [6.45, 7) is 1.62. The van der Waals surface area contributed by atoms with E-state index in [-0.39, 0.29) is 23.5 Å². The normalized spacial score (nSPS) is 14.6. The minimum Gasteiger partial charge on any atom is -0.355 e. The summed E-state index contributed by atoms with van der Waals surface area (Å²) in [5, 5.41) is 8.11. The second-order valence-electron chi connectivity index (χ2n) is 7.24. The van der Waals surface area contributed by atoms with Crippen LogP contribution in [-0.2, 0) is 11.2 Å². The van der Waals surface area contributed by atoms with E-state index in [1.165, 1.54) is 24.3 Å². The average molecular weight is 444 g/mol. The second-order valence-corrected chi connectivity index (χ2v) is 9.04. The average Bonchev–Trinajstić information content (AvgIpc) is 3.46. The van der Waals surface area contributed by atoms with Crippen molar-refractivity contribution in [3.05, 3.63) is 64.2 Å². The van der Waals surface area contributed by atoms with E-state index in [0.29, 0.717) is 44.5 Å². The topological polar surface area (TPSA) is 62.3 Å². The highest BCUT2D eigenvalue weighted by atomic mass is 32.1. The summed E-state index contributed by atoms with van der Waals surface area (Å²) in [6, 6.07) is 9.65. The van der Waals surface area contributed by atoms with Crippen molar-refractivity contribution in [1.82, 2.24) is 15.2 Å². The molecule has 1 N–H and O–H groups in total. The molecule has 156 valence electrons. The highest BCUT2D eigenvalue weighted by molar-refractivity contribution is 7.20. The first kappa shape index (κ1) is 20.7. The molecule has 5 nitrogen and oxygen atoms in total. The number of thiophene rings is 1. The zero-order valence-corrected chi connectivity index (χ0v) is 18.0. The number of halogens is 1. The molecule has 0 unspecified atom stereocenters. The molecule has 1 aliphatic rings. The van der Waals surface area contributed by atoms with E-state index in [1.54, 1.807) is 27.6 Å². The maximum atomic E-state index is 13.0. The molecule has 8 heteroatoms. The van der Waals surface area contributed by atoms with Gasteiger partial charge in [-0.05, 0) is 48.6 Å². The third kappa shape index (κ3) is 4.94. The predicted molar refractivity (Wildman–Crippen MR) is 117 cm³/mol. The molecule has 0 bridgehead atoms. The molecule has 3 aromatic rings. The molecule has 2 aromatic heterocycles. The summed E-state index contributed by atoms with van der Waals surface area (Å²) >= 11 is 3.30. The molecule has 1 fully saturated rings. The zero-order chi connectivity index (χ0) is 20.9. The number of nitrogens with one attached hydrogen (secondary N) is 1. The third-order valence-corrected chi connectivity index (χ3v) is 7.14. The SMILES string of the molecule is O=C(NCCc1csc(-c2cccs2)n1)C1CCN(C(=O)c2ccc(F)cc2)CC1. The zero-order valence-electron chi connectivity index (χ0n) is 16.3. The standard InChI is InChI=1S/C22H22FN3O2S2/c23-17-5-3-16(4-6-17)22(28)26-11-8-15(9-12-26)20(27)24-10-7-18-14-30-21(25-18)19-2-1-13-29-19/h1-6,13-15H,7-12H2,(H,24,27). The monoisotopic (exact) mass is 443 g/mol. The summed E-state index contributed by atoms with van der Waals surface area (Å²) in [5.41, 5.74) is 1.47. The molecule has 2 amide bonds. The highest BCUT2D eigenvalue weighted by Gasteiger charge is 2.27. The molecule has 0 atom stereocenters. The Hall–Kier alpha value is -2.58. The van der Waals surface area contributed by atoms with Gasteiger partial charge in [-0.25, -0.2) is 9.37 Å². The Kier molecular flexibility index (Phi) is 6.54. The number of hydrogen-bond donors (Lipinski definition) is 1. The Morgan fingerprint density at radius 1 is 1.13 bits per heavy atom. The molecule has 1 saturated heterocycles. The number of carbonyl (C=O) groups is 2. The first-order valence-corrected chi connectivity index (χ1v) is 11.7. The van der Waals surface area contributed by atoms with E-state index >= 15 is 0 Å². The van der Waals surface area contributed by atoms with Crippen LogP contribution < -0.4 is 5.32 Å².